The third-order valence-electron chi connectivity index (χ3n) is 3.99. The number of carboxylic acid groups (broad SMARTS) is 1. The summed E-state index contributed by atoms with van der Waals surface area (Å²) < 4.78 is 1.92. The first-order valence-electron chi connectivity index (χ1n) is 7.96. The van der Waals surface area contributed by atoms with E-state index in [0.29, 0.717) is 11.4 Å². The summed E-state index contributed by atoms with van der Waals surface area (Å²) in [5, 5.41) is 9.15. The smallest absolute Gasteiger partial charge is 0.335 e. The predicted molar refractivity (Wildman–Crippen MR) is 97.0 cm³/mol. The highest BCUT2D eigenvalue weighted by molar-refractivity contribution is 5.89. The standard InChI is InChI=1S/C20H14N4O2/c25-20(26)16-3-1-2-15(12-16)19-22-9-8-18(23-19)14-4-6-17(7-5-14)24-11-10-21-13-24/h1-13H,(H,25,26). The van der Waals surface area contributed by atoms with Crippen molar-refractivity contribution in [2.24, 2.45) is 0 Å². The monoisotopic (exact) mass is 342 g/mol. The molecule has 2 aromatic heterocycles. The van der Waals surface area contributed by atoms with Crippen LogP contribution < -0.4 is 0 Å². The van der Waals surface area contributed by atoms with E-state index in [-0.39, 0.29) is 5.56 Å². The van der Waals surface area contributed by atoms with E-state index in [4.69, 9.17) is 5.11 Å². The Kier molecular flexibility index (Phi) is 3.99. The molecule has 0 aliphatic heterocycles. The Bertz CT molecular complexity index is 1060. The summed E-state index contributed by atoms with van der Waals surface area (Å²) in [5.41, 5.74) is 3.61. The van der Waals surface area contributed by atoms with Gasteiger partial charge >= 0.3 is 5.97 Å². The van der Waals surface area contributed by atoms with E-state index in [0.717, 1.165) is 16.9 Å². The second-order valence-electron chi connectivity index (χ2n) is 5.67. The maximum Gasteiger partial charge on any atom is 0.335 e. The molecule has 2 aromatic carbocycles. The Morgan fingerprint density at radius 1 is 0.962 bits per heavy atom. The Balaban J connectivity index is 1.68. The minimum Gasteiger partial charge on any atom is -0.478 e. The van der Waals surface area contributed by atoms with Crippen LogP contribution in [-0.2, 0) is 0 Å². The second-order valence-corrected chi connectivity index (χ2v) is 5.67. The van der Waals surface area contributed by atoms with Crippen LogP contribution in [0.1, 0.15) is 10.4 Å². The van der Waals surface area contributed by atoms with Gasteiger partial charge in [0.25, 0.3) is 0 Å². The quantitative estimate of drug-likeness (QED) is 0.612. The summed E-state index contributed by atoms with van der Waals surface area (Å²) in [7, 11) is 0. The number of benzene rings is 2. The summed E-state index contributed by atoms with van der Waals surface area (Å²) in [4.78, 5) is 24.1. The average molecular weight is 342 g/mol. The first-order chi connectivity index (χ1) is 12.7. The van der Waals surface area contributed by atoms with Gasteiger partial charge in [-0.1, -0.05) is 24.3 Å². The molecule has 4 rings (SSSR count). The molecule has 0 bridgehead atoms. The van der Waals surface area contributed by atoms with E-state index >= 15 is 0 Å². The van der Waals surface area contributed by atoms with Crippen LogP contribution in [0.5, 0.6) is 0 Å². The van der Waals surface area contributed by atoms with E-state index in [2.05, 4.69) is 15.0 Å². The van der Waals surface area contributed by atoms with Crippen molar-refractivity contribution in [2.45, 2.75) is 0 Å². The molecular weight excluding hydrogens is 328 g/mol. The topological polar surface area (TPSA) is 80.9 Å². The fraction of sp³-hybridized carbons (Fsp3) is 0. The van der Waals surface area contributed by atoms with Crippen LogP contribution in [0.2, 0.25) is 0 Å². The highest BCUT2D eigenvalue weighted by atomic mass is 16.4. The summed E-state index contributed by atoms with van der Waals surface area (Å²) in [6.45, 7) is 0. The number of hydrogen-bond donors (Lipinski definition) is 1. The lowest BCUT2D eigenvalue weighted by atomic mass is 10.1. The highest BCUT2D eigenvalue weighted by Crippen LogP contribution is 2.22. The molecule has 6 nitrogen and oxygen atoms in total. The third kappa shape index (κ3) is 3.08. The van der Waals surface area contributed by atoms with Crippen molar-refractivity contribution in [1.82, 2.24) is 19.5 Å². The molecular formula is C20H14N4O2. The van der Waals surface area contributed by atoms with Gasteiger partial charge in [0.2, 0.25) is 0 Å². The molecule has 6 heteroatoms. The van der Waals surface area contributed by atoms with Gasteiger partial charge in [-0.3, -0.25) is 0 Å². The molecule has 0 saturated carbocycles. The van der Waals surface area contributed by atoms with Crippen molar-refractivity contribution in [3.05, 3.63) is 85.1 Å². The zero-order valence-corrected chi connectivity index (χ0v) is 13.6. The van der Waals surface area contributed by atoms with Gasteiger partial charge in [-0.25, -0.2) is 19.7 Å². The zero-order valence-electron chi connectivity index (χ0n) is 13.6. The van der Waals surface area contributed by atoms with Crippen molar-refractivity contribution >= 4 is 5.97 Å². The van der Waals surface area contributed by atoms with Crippen molar-refractivity contribution in [1.29, 1.82) is 0 Å². The third-order valence-corrected chi connectivity index (χ3v) is 3.99. The molecule has 126 valence electrons. The molecule has 1 N–H and O–H groups in total. The van der Waals surface area contributed by atoms with E-state index in [1.807, 2.05) is 41.1 Å². The lowest BCUT2D eigenvalue weighted by Crippen LogP contribution is -1.97. The molecule has 0 aliphatic rings. The molecule has 0 radical (unpaired) electrons. The average Bonchev–Trinajstić information content (AvgIpc) is 3.23. The van der Waals surface area contributed by atoms with E-state index in [1.54, 1.807) is 43.0 Å². The summed E-state index contributed by atoms with van der Waals surface area (Å²) in [6.07, 6.45) is 7.03. The lowest BCUT2D eigenvalue weighted by Gasteiger charge is -2.07. The maximum absolute atomic E-state index is 11.2. The molecule has 4 aromatic rings. The molecule has 0 unspecified atom stereocenters. The minimum absolute atomic E-state index is 0.209. The number of rotatable bonds is 4. The van der Waals surface area contributed by atoms with Crippen molar-refractivity contribution in [3.63, 3.8) is 0 Å². The van der Waals surface area contributed by atoms with E-state index in [9.17, 15) is 4.79 Å². The summed E-state index contributed by atoms with van der Waals surface area (Å²) in [5.74, 6) is -0.484. The number of aromatic carboxylic acids is 1. The molecule has 0 fully saturated rings. The Hall–Kier alpha value is -3.80. The molecule has 26 heavy (non-hydrogen) atoms. The van der Waals surface area contributed by atoms with Crippen LogP contribution in [0.25, 0.3) is 28.3 Å². The zero-order chi connectivity index (χ0) is 17.9. The van der Waals surface area contributed by atoms with Gasteiger partial charge in [-0.2, -0.15) is 0 Å². The fourth-order valence-electron chi connectivity index (χ4n) is 2.67. The molecule has 0 saturated heterocycles. The van der Waals surface area contributed by atoms with Crippen LogP contribution in [-0.4, -0.2) is 30.6 Å². The SMILES string of the molecule is O=C(O)c1cccc(-c2nccc(-c3ccc(-n4ccnc4)cc3)n2)c1. The van der Waals surface area contributed by atoms with Gasteiger partial charge in [0.05, 0.1) is 17.6 Å². The van der Waals surface area contributed by atoms with Crippen molar-refractivity contribution in [3.8, 4) is 28.3 Å². The van der Waals surface area contributed by atoms with Gasteiger partial charge in [0, 0.05) is 35.4 Å². The Labute approximate surface area is 149 Å². The van der Waals surface area contributed by atoms with Gasteiger partial charge in [-0.15, -0.1) is 0 Å². The van der Waals surface area contributed by atoms with Gasteiger partial charge in [0.15, 0.2) is 5.82 Å². The van der Waals surface area contributed by atoms with Crippen LogP contribution in [0.4, 0.5) is 0 Å². The minimum atomic E-state index is -0.974. The largest absolute Gasteiger partial charge is 0.478 e. The van der Waals surface area contributed by atoms with Gasteiger partial charge < -0.3 is 9.67 Å². The fourth-order valence-corrected chi connectivity index (χ4v) is 2.67. The van der Waals surface area contributed by atoms with Crippen LogP contribution in [0.3, 0.4) is 0 Å². The Morgan fingerprint density at radius 2 is 1.81 bits per heavy atom. The lowest BCUT2D eigenvalue weighted by molar-refractivity contribution is 0.0697. The van der Waals surface area contributed by atoms with E-state index < -0.39 is 5.97 Å². The molecule has 0 aliphatic carbocycles. The Morgan fingerprint density at radius 3 is 2.54 bits per heavy atom. The van der Waals surface area contributed by atoms with Crippen LogP contribution in [0, 0.1) is 0 Å². The number of aromatic nitrogens is 4. The molecule has 0 amide bonds. The van der Waals surface area contributed by atoms with Crippen LogP contribution >= 0.6 is 0 Å². The van der Waals surface area contributed by atoms with Crippen molar-refractivity contribution in [2.75, 3.05) is 0 Å². The molecule has 0 atom stereocenters. The number of nitrogens with zero attached hydrogens (tertiary/aromatic N) is 4. The number of imidazole rings is 1. The van der Waals surface area contributed by atoms with Crippen molar-refractivity contribution < 1.29 is 9.90 Å². The number of hydrogen-bond acceptors (Lipinski definition) is 4. The summed E-state index contributed by atoms with van der Waals surface area (Å²) in [6, 6.07) is 16.4. The molecule has 0 spiro atoms. The first kappa shape index (κ1) is 15.7. The van der Waals surface area contributed by atoms with Gasteiger partial charge in [-0.05, 0) is 30.3 Å². The predicted octanol–water partition coefficient (Wildman–Crippen LogP) is 3.69. The molecule has 2 heterocycles. The highest BCUT2D eigenvalue weighted by Gasteiger charge is 2.08. The summed E-state index contributed by atoms with van der Waals surface area (Å²) >= 11 is 0. The number of carboxylic acids is 1. The maximum atomic E-state index is 11.2. The van der Waals surface area contributed by atoms with E-state index in [1.165, 1.54) is 0 Å². The second kappa shape index (κ2) is 6.60. The van der Waals surface area contributed by atoms with Crippen LogP contribution in [0.15, 0.2) is 79.5 Å². The number of carbonyl (C=O) groups is 1. The van der Waals surface area contributed by atoms with Gasteiger partial charge in [0.1, 0.15) is 0 Å². The first-order valence-corrected chi connectivity index (χ1v) is 7.96. The normalized spacial score (nSPS) is 10.6.